The summed E-state index contributed by atoms with van der Waals surface area (Å²) >= 11 is 13.9. The minimum absolute atomic E-state index is 0.736. The molecule has 0 radical (unpaired) electrons. The van der Waals surface area contributed by atoms with Gasteiger partial charge in [0.15, 0.2) is 0 Å². The molecular weight excluding hydrogens is 695 g/mol. The number of halogens is 2. The molecule has 2 saturated heterocycles. The summed E-state index contributed by atoms with van der Waals surface area (Å²) in [5.74, 6) is 0. The highest BCUT2D eigenvalue weighted by Crippen LogP contribution is 2.70. The van der Waals surface area contributed by atoms with Crippen LogP contribution in [0.3, 0.4) is 0 Å². The molecule has 4 aliphatic rings. The first-order chi connectivity index (χ1) is 20.5. The fourth-order valence-corrected chi connectivity index (χ4v) is 10.8. The monoisotopic (exact) mass is 730 g/mol. The number of hydrogen-bond donors (Lipinski definition) is 0. The standard InChI is InChI=1S/C33H37Br2N2O3PS/c1-38-41(42,30-12-6-26(22-24-2-8-28(34)9-3-24)32(30)36-14-18-39-19-15-36)31-13-7-27(23-25-4-10-29(35)11-5-25)33(31)37-16-20-40-21-17-37/h2-5,8-11,22-23H,6-7,12-21H2,1H3. The van der Waals surface area contributed by atoms with Crippen LogP contribution in [0.4, 0.5) is 0 Å². The summed E-state index contributed by atoms with van der Waals surface area (Å²) in [4.78, 5) is 5.03. The van der Waals surface area contributed by atoms with Crippen molar-refractivity contribution in [1.82, 2.24) is 9.80 Å². The van der Waals surface area contributed by atoms with Crippen LogP contribution in [0.2, 0.25) is 0 Å². The van der Waals surface area contributed by atoms with Crippen molar-refractivity contribution in [3.8, 4) is 0 Å². The average Bonchev–Trinajstić information content (AvgIpc) is 3.65. The predicted octanol–water partition coefficient (Wildman–Crippen LogP) is 8.39. The van der Waals surface area contributed by atoms with E-state index in [1.165, 1.54) is 44.3 Å². The zero-order valence-corrected chi connectivity index (χ0v) is 28.9. The summed E-state index contributed by atoms with van der Waals surface area (Å²) in [5, 5.41) is 2.66. The third kappa shape index (κ3) is 6.46. The van der Waals surface area contributed by atoms with Crippen molar-refractivity contribution in [3.63, 3.8) is 0 Å². The van der Waals surface area contributed by atoms with E-state index in [4.69, 9.17) is 25.8 Å². The Morgan fingerprint density at radius 1 is 0.667 bits per heavy atom. The minimum atomic E-state index is -2.51. The number of ether oxygens (including phenoxy) is 2. The van der Waals surface area contributed by atoms with Crippen LogP contribution in [-0.2, 0) is 25.8 Å². The number of hydrogen-bond acceptors (Lipinski definition) is 6. The smallest absolute Gasteiger partial charge is 0.119 e. The maximum Gasteiger partial charge on any atom is 0.119 e. The molecule has 2 aliphatic carbocycles. The molecule has 2 heterocycles. The van der Waals surface area contributed by atoms with Crippen molar-refractivity contribution in [2.45, 2.75) is 25.7 Å². The third-order valence-electron chi connectivity index (χ3n) is 8.46. The fourth-order valence-electron chi connectivity index (χ4n) is 6.45. The Balaban J connectivity index is 1.49. The van der Waals surface area contributed by atoms with Gasteiger partial charge in [-0.1, -0.05) is 67.9 Å². The SMILES string of the molecule is COP(=S)(C1=C(N2CCOCC2)C(=Cc2ccc(Br)cc2)CC1)C1=C(N2CCOCC2)C(=Cc2ccc(Br)cc2)CC1. The lowest BCUT2D eigenvalue weighted by Gasteiger charge is -2.36. The first-order valence-corrected chi connectivity index (χ1v) is 19.0. The summed E-state index contributed by atoms with van der Waals surface area (Å²) < 4.78 is 20.3. The lowest BCUT2D eigenvalue weighted by Crippen LogP contribution is -2.36. The molecule has 0 N–H and O–H groups in total. The summed E-state index contributed by atoms with van der Waals surface area (Å²) in [6.45, 7) is 6.44. The van der Waals surface area contributed by atoms with Gasteiger partial charge in [0.1, 0.15) is 6.26 Å². The van der Waals surface area contributed by atoms with Gasteiger partial charge in [-0.2, -0.15) is 0 Å². The van der Waals surface area contributed by atoms with E-state index in [1.807, 2.05) is 7.11 Å². The van der Waals surface area contributed by atoms with Gasteiger partial charge in [-0.3, -0.25) is 0 Å². The lowest BCUT2D eigenvalue weighted by atomic mass is 10.1. The summed E-state index contributed by atoms with van der Waals surface area (Å²) in [5.41, 5.74) is 7.76. The van der Waals surface area contributed by atoms with Gasteiger partial charge in [0.2, 0.25) is 0 Å². The Morgan fingerprint density at radius 2 is 1.05 bits per heavy atom. The number of nitrogens with zero attached hydrogens (tertiary/aromatic N) is 2. The van der Waals surface area contributed by atoms with Gasteiger partial charge in [-0.25, -0.2) is 0 Å². The second-order valence-electron chi connectivity index (χ2n) is 11.0. The molecular formula is C33H37Br2N2O3PS. The van der Waals surface area contributed by atoms with Crippen molar-refractivity contribution in [3.05, 3.63) is 102 Å². The number of morpholine rings is 2. The van der Waals surface area contributed by atoms with E-state index in [9.17, 15) is 0 Å². The number of rotatable bonds is 7. The topological polar surface area (TPSA) is 34.2 Å². The fraction of sp³-hybridized carbons (Fsp3) is 0.394. The van der Waals surface area contributed by atoms with Crippen molar-refractivity contribution >= 4 is 62.1 Å². The molecule has 42 heavy (non-hydrogen) atoms. The van der Waals surface area contributed by atoms with Crippen molar-refractivity contribution < 1.29 is 14.0 Å². The van der Waals surface area contributed by atoms with E-state index < -0.39 is 6.26 Å². The summed E-state index contributed by atoms with van der Waals surface area (Å²) in [6.07, 6.45) is 6.01. The van der Waals surface area contributed by atoms with Crippen LogP contribution in [0.15, 0.2) is 90.6 Å². The lowest BCUT2D eigenvalue weighted by molar-refractivity contribution is 0.0547. The predicted molar refractivity (Wildman–Crippen MR) is 183 cm³/mol. The van der Waals surface area contributed by atoms with Crippen LogP contribution < -0.4 is 0 Å². The van der Waals surface area contributed by atoms with Crippen LogP contribution in [0, 0.1) is 0 Å². The largest absolute Gasteiger partial charge is 0.378 e. The first-order valence-electron chi connectivity index (χ1n) is 14.7. The van der Waals surface area contributed by atoms with Gasteiger partial charge < -0.3 is 23.8 Å². The van der Waals surface area contributed by atoms with Gasteiger partial charge in [-0.15, -0.1) is 0 Å². The van der Waals surface area contributed by atoms with E-state index in [2.05, 4.69) is 102 Å². The van der Waals surface area contributed by atoms with E-state index >= 15 is 0 Å². The zero-order valence-electron chi connectivity index (χ0n) is 24.0. The van der Waals surface area contributed by atoms with Gasteiger partial charge in [0.25, 0.3) is 0 Å². The van der Waals surface area contributed by atoms with Crippen LogP contribution >= 0.6 is 38.1 Å². The van der Waals surface area contributed by atoms with Gasteiger partial charge in [0.05, 0.1) is 26.4 Å². The maximum atomic E-state index is 6.78. The summed E-state index contributed by atoms with van der Waals surface area (Å²) in [6, 6.07) is 17.1. The Kier molecular flexibility index (Phi) is 9.91. The molecule has 0 aromatic heterocycles. The quantitative estimate of drug-likeness (QED) is 0.266. The molecule has 6 rings (SSSR count). The van der Waals surface area contributed by atoms with Crippen molar-refractivity contribution in [2.75, 3.05) is 59.7 Å². The first kappa shape index (κ1) is 30.5. The van der Waals surface area contributed by atoms with E-state index in [-0.39, 0.29) is 0 Å². The van der Waals surface area contributed by atoms with Crippen LogP contribution in [0.25, 0.3) is 12.2 Å². The molecule has 0 bridgehead atoms. The zero-order chi connectivity index (χ0) is 29.1. The molecule has 0 amide bonds. The van der Waals surface area contributed by atoms with Crippen molar-refractivity contribution in [1.29, 1.82) is 0 Å². The van der Waals surface area contributed by atoms with Crippen LogP contribution in [-0.4, -0.2) is 69.5 Å². The third-order valence-corrected chi connectivity index (χ3v) is 14.1. The molecule has 0 atom stereocenters. The van der Waals surface area contributed by atoms with Crippen molar-refractivity contribution in [2.24, 2.45) is 0 Å². The molecule has 2 aromatic rings. The average molecular weight is 733 g/mol. The Bertz CT molecular complexity index is 1360. The minimum Gasteiger partial charge on any atom is -0.378 e. The second-order valence-corrected chi connectivity index (χ2v) is 16.9. The van der Waals surface area contributed by atoms with Gasteiger partial charge in [-0.05, 0) is 84.4 Å². The number of benzene rings is 2. The van der Waals surface area contributed by atoms with Crippen LogP contribution in [0.5, 0.6) is 0 Å². The Morgan fingerprint density at radius 3 is 1.40 bits per heavy atom. The van der Waals surface area contributed by atoms with E-state index in [1.54, 1.807) is 0 Å². The molecule has 2 aliphatic heterocycles. The van der Waals surface area contributed by atoms with E-state index in [0.29, 0.717) is 0 Å². The molecule has 2 aromatic carbocycles. The molecule has 0 spiro atoms. The summed E-state index contributed by atoms with van der Waals surface area (Å²) in [7, 11) is 1.85. The Hall–Kier alpha value is -1.51. The Labute approximate surface area is 271 Å². The molecule has 222 valence electrons. The van der Waals surface area contributed by atoms with Crippen LogP contribution in [0.1, 0.15) is 36.8 Å². The number of allylic oxidation sites excluding steroid dienone is 4. The molecule has 2 fully saturated rings. The van der Waals surface area contributed by atoms with Gasteiger partial charge >= 0.3 is 0 Å². The molecule has 9 heteroatoms. The second kappa shape index (κ2) is 13.6. The highest BCUT2D eigenvalue weighted by molar-refractivity contribution is 9.10. The highest BCUT2D eigenvalue weighted by atomic mass is 79.9. The highest BCUT2D eigenvalue weighted by Gasteiger charge is 2.41. The molecule has 0 saturated carbocycles. The normalized spacial score (nSPS) is 23.4. The van der Waals surface area contributed by atoms with E-state index in [0.717, 1.165) is 87.2 Å². The molecule has 5 nitrogen and oxygen atoms in total. The maximum absolute atomic E-state index is 6.78. The molecule has 0 unspecified atom stereocenters. The van der Waals surface area contributed by atoms with Gasteiger partial charge in [0, 0.05) is 64.3 Å².